The lowest BCUT2D eigenvalue weighted by Gasteiger charge is -2.38. The Hall–Kier alpha value is -2.05. The smallest absolute Gasteiger partial charge is 0.286 e. The maximum absolute atomic E-state index is 12.0. The van der Waals surface area contributed by atoms with Gasteiger partial charge in [0.25, 0.3) is 5.91 Å². The molecule has 0 unspecified atom stereocenters. The van der Waals surface area contributed by atoms with E-state index in [4.69, 9.17) is 13.6 Å². The molecule has 0 spiro atoms. The summed E-state index contributed by atoms with van der Waals surface area (Å²) in [6.07, 6.45) is 5.55. The van der Waals surface area contributed by atoms with Crippen molar-refractivity contribution in [1.29, 1.82) is 0 Å². The summed E-state index contributed by atoms with van der Waals surface area (Å²) in [5, 5.41) is 2.97. The number of morpholine rings is 1. The van der Waals surface area contributed by atoms with Crippen molar-refractivity contribution in [1.82, 2.24) is 10.2 Å². The fraction of sp³-hybridized carbons (Fsp3) is 0.500. The molecule has 4 rings (SSSR count). The third-order valence-electron chi connectivity index (χ3n) is 5.04. The van der Waals surface area contributed by atoms with Crippen molar-refractivity contribution in [2.24, 2.45) is 5.92 Å². The van der Waals surface area contributed by atoms with Crippen molar-refractivity contribution < 1.29 is 18.4 Å². The van der Waals surface area contributed by atoms with E-state index in [0.29, 0.717) is 24.3 Å². The Morgan fingerprint density at radius 1 is 1.21 bits per heavy atom. The molecule has 0 bridgehead atoms. The molecule has 2 aromatic rings. The molecule has 24 heavy (non-hydrogen) atoms. The molecule has 3 heterocycles. The minimum atomic E-state index is -0.160. The largest absolute Gasteiger partial charge is 0.468 e. The summed E-state index contributed by atoms with van der Waals surface area (Å²) in [7, 11) is 0. The van der Waals surface area contributed by atoms with Crippen LogP contribution in [0.3, 0.4) is 0 Å². The van der Waals surface area contributed by atoms with Gasteiger partial charge in [0.05, 0.1) is 31.8 Å². The zero-order valence-electron chi connectivity index (χ0n) is 13.5. The van der Waals surface area contributed by atoms with E-state index in [-0.39, 0.29) is 12.0 Å². The second kappa shape index (κ2) is 6.83. The van der Waals surface area contributed by atoms with E-state index in [9.17, 15) is 4.79 Å². The van der Waals surface area contributed by atoms with E-state index in [1.54, 1.807) is 18.4 Å². The van der Waals surface area contributed by atoms with E-state index >= 15 is 0 Å². The summed E-state index contributed by atoms with van der Waals surface area (Å²) in [6.45, 7) is 3.09. The van der Waals surface area contributed by atoms with Crippen molar-refractivity contribution in [3.05, 3.63) is 48.3 Å². The Morgan fingerprint density at radius 2 is 2.08 bits per heavy atom. The first-order chi connectivity index (χ1) is 11.8. The van der Waals surface area contributed by atoms with Crippen LogP contribution >= 0.6 is 0 Å². The average Bonchev–Trinajstić information content (AvgIpc) is 3.34. The molecule has 6 nitrogen and oxygen atoms in total. The molecule has 6 heteroatoms. The molecular formula is C18H22N2O4. The molecule has 1 saturated heterocycles. The van der Waals surface area contributed by atoms with Gasteiger partial charge in [-0.15, -0.1) is 0 Å². The number of carbonyl (C=O) groups is 1. The van der Waals surface area contributed by atoms with Gasteiger partial charge >= 0.3 is 0 Å². The number of rotatable bonds is 5. The zero-order valence-corrected chi connectivity index (χ0v) is 13.5. The van der Waals surface area contributed by atoms with Gasteiger partial charge in [-0.05, 0) is 37.1 Å². The maximum atomic E-state index is 12.0. The highest BCUT2D eigenvalue weighted by Gasteiger charge is 2.42. The maximum Gasteiger partial charge on any atom is 0.286 e. The average molecular weight is 330 g/mol. The predicted octanol–water partition coefficient (Wildman–Crippen LogP) is 2.28. The Balaban J connectivity index is 1.35. The highest BCUT2D eigenvalue weighted by molar-refractivity contribution is 5.91. The molecule has 1 aliphatic heterocycles. The first kappa shape index (κ1) is 15.5. The second-order valence-corrected chi connectivity index (χ2v) is 6.48. The first-order valence-electron chi connectivity index (χ1n) is 8.51. The van der Waals surface area contributed by atoms with Gasteiger partial charge in [0, 0.05) is 25.0 Å². The van der Waals surface area contributed by atoms with Crippen molar-refractivity contribution >= 4 is 5.91 Å². The molecule has 2 aliphatic rings. The van der Waals surface area contributed by atoms with E-state index in [1.165, 1.54) is 6.26 Å². The number of hydrogen-bond acceptors (Lipinski definition) is 5. The van der Waals surface area contributed by atoms with Crippen LogP contribution < -0.4 is 5.32 Å². The molecular weight excluding hydrogens is 308 g/mol. The molecule has 128 valence electrons. The normalized spacial score (nSPS) is 27.1. The summed E-state index contributed by atoms with van der Waals surface area (Å²) in [4.78, 5) is 14.5. The number of nitrogens with one attached hydrogen (secondary N) is 1. The molecule has 0 radical (unpaired) electrons. The van der Waals surface area contributed by atoms with Crippen LogP contribution in [0, 0.1) is 5.92 Å². The van der Waals surface area contributed by atoms with Crippen molar-refractivity contribution in [2.45, 2.75) is 31.5 Å². The number of furan rings is 2. The summed E-state index contributed by atoms with van der Waals surface area (Å²) in [5.74, 6) is 1.53. The van der Waals surface area contributed by atoms with Crippen molar-refractivity contribution in [3.8, 4) is 0 Å². The van der Waals surface area contributed by atoms with Gasteiger partial charge < -0.3 is 18.9 Å². The molecule has 0 aromatic carbocycles. The Labute approximate surface area is 140 Å². The fourth-order valence-corrected chi connectivity index (χ4v) is 3.87. The van der Waals surface area contributed by atoms with Crippen LogP contribution in [-0.2, 0) is 11.3 Å². The van der Waals surface area contributed by atoms with E-state index < -0.39 is 0 Å². The molecule has 2 aromatic heterocycles. The van der Waals surface area contributed by atoms with Gasteiger partial charge in [0.15, 0.2) is 5.76 Å². The fourth-order valence-electron chi connectivity index (χ4n) is 3.87. The van der Waals surface area contributed by atoms with Crippen LogP contribution in [0.15, 0.2) is 45.6 Å². The van der Waals surface area contributed by atoms with Crippen LogP contribution in [0.1, 0.15) is 29.2 Å². The second-order valence-electron chi connectivity index (χ2n) is 6.48. The van der Waals surface area contributed by atoms with E-state index in [0.717, 1.165) is 38.3 Å². The number of fused-ring (bicyclic) bond motifs is 1. The summed E-state index contributed by atoms with van der Waals surface area (Å²) >= 11 is 0. The van der Waals surface area contributed by atoms with Crippen LogP contribution in [0.2, 0.25) is 0 Å². The van der Waals surface area contributed by atoms with Gasteiger partial charge in [-0.1, -0.05) is 0 Å². The van der Waals surface area contributed by atoms with Gasteiger partial charge in [-0.2, -0.15) is 0 Å². The Morgan fingerprint density at radius 3 is 2.88 bits per heavy atom. The minimum Gasteiger partial charge on any atom is -0.468 e. The minimum absolute atomic E-state index is 0.160. The zero-order chi connectivity index (χ0) is 16.4. The summed E-state index contributed by atoms with van der Waals surface area (Å²) < 4.78 is 16.7. The molecule has 2 fully saturated rings. The van der Waals surface area contributed by atoms with Gasteiger partial charge in [-0.3, -0.25) is 9.69 Å². The van der Waals surface area contributed by atoms with E-state index in [1.807, 2.05) is 12.1 Å². The van der Waals surface area contributed by atoms with Gasteiger partial charge in [-0.25, -0.2) is 0 Å². The predicted molar refractivity (Wildman–Crippen MR) is 86.4 cm³/mol. The SMILES string of the molecule is O=C(NC[C@@H]1CC[C@@H]2[C@@H]1OCCN2Cc1ccco1)c1ccco1. The first-order valence-corrected chi connectivity index (χ1v) is 8.51. The third-order valence-corrected chi connectivity index (χ3v) is 5.04. The van der Waals surface area contributed by atoms with Crippen LogP contribution in [0.4, 0.5) is 0 Å². The van der Waals surface area contributed by atoms with Crippen molar-refractivity contribution in [2.75, 3.05) is 19.7 Å². The highest BCUT2D eigenvalue weighted by Crippen LogP contribution is 2.35. The topological polar surface area (TPSA) is 67.8 Å². The number of amides is 1. The summed E-state index contributed by atoms with van der Waals surface area (Å²) in [6, 6.07) is 7.73. The highest BCUT2D eigenvalue weighted by atomic mass is 16.5. The molecule has 3 atom stereocenters. The van der Waals surface area contributed by atoms with Crippen LogP contribution in [0.5, 0.6) is 0 Å². The Bertz CT molecular complexity index is 653. The number of carbonyl (C=O) groups excluding carboxylic acids is 1. The summed E-state index contributed by atoms with van der Waals surface area (Å²) in [5.41, 5.74) is 0. The van der Waals surface area contributed by atoms with Crippen molar-refractivity contribution in [3.63, 3.8) is 0 Å². The standard InChI is InChI=1S/C18H22N2O4/c21-18(16-4-2-9-23-16)19-11-13-5-6-15-17(13)24-10-7-20(15)12-14-3-1-8-22-14/h1-4,8-9,13,15,17H,5-7,10-12H2,(H,19,21)/t13-,15+,17+/m0/s1. The third kappa shape index (κ3) is 3.12. The lowest BCUT2D eigenvalue weighted by Crippen LogP contribution is -2.50. The quantitative estimate of drug-likeness (QED) is 0.911. The number of ether oxygens (including phenoxy) is 1. The van der Waals surface area contributed by atoms with Crippen LogP contribution in [-0.4, -0.2) is 42.6 Å². The van der Waals surface area contributed by atoms with Gasteiger partial charge in [0.1, 0.15) is 5.76 Å². The molecule has 1 saturated carbocycles. The number of hydrogen-bond donors (Lipinski definition) is 1. The van der Waals surface area contributed by atoms with Crippen LogP contribution in [0.25, 0.3) is 0 Å². The molecule has 1 N–H and O–H groups in total. The molecule has 1 aliphatic carbocycles. The van der Waals surface area contributed by atoms with Gasteiger partial charge in [0.2, 0.25) is 0 Å². The number of nitrogens with zero attached hydrogens (tertiary/aromatic N) is 1. The lowest BCUT2D eigenvalue weighted by molar-refractivity contribution is -0.0773. The van der Waals surface area contributed by atoms with E-state index in [2.05, 4.69) is 10.2 Å². The molecule has 1 amide bonds. The Kier molecular flexibility index (Phi) is 4.40. The monoisotopic (exact) mass is 330 g/mol. The lowest BCUT2D eigenvalue weighted by atomic mass is 10.0.